The molecule has 1 atom stereocenters. The van der Waals surface area contributed by atoms with Crippen molar-refractivity contribution < 1.29 is 0 Å². The van der Waals surface area contributed by atoms with Crippen molar-refractivity contribution >= 4 is 28.2 Å². The molecule has 0 aliphatic carbocycles. The smallest absolute Gasteiger partial charge is 0.160 e. The van der Waals surface area contributed by atoms with Gasteiger partial charge in [-0.25, -0.2) is 15.0 Å². The van der Waals surface area contributed by atoms with Gasteiger partial charge in [0.25, 0.3) is 0 Å². The Bertz CT molecular complexity index is 716. The van der Waals surface area contributed by atoms with E-state index in [0.29, 0.717) is 5.92 Å². The number of thiazole rings is 1. The Balaban J connectivity index is 1.84. The first kappa shape index (κ1) is 13.0. The van der Waals surface area contributed by atoms with E-state index >= 15 is 0 Å². The zero-order valence-electron chi connectivity index (χ0n) is 11.6. The van der Waals surface area contributed by atoms with E-state index < -0.39 is 0 Å². The van der Waals surface area contributed by atoms with Gasteiger partial charge in [0, 0.05) is 11.3 Å². The molecule has 0 aliphatic heterocycles. The molecule has 3 heterocycles. The molecule has 1 unspecified atom stereocenters. The second-order valence-corrected chi connectivity index (χ2v) is 5.88. The van der Waals surface area contributed by atoms with Gasteiger partial charge in [0.15, 0.2) is 5.65 Å². The molecule has 7 heteroatoms. The van der Waals surface area contributed by atoms with Gasteiger partial charge in [0.2, 0.25) is 0 Å². The number of rotatable bonds is 4. The van der Waals surface area contributed by atoms with Crippen LogP contribution in [0.2, 0.25) is 0 Å². The van der Waals surface area contributed by atoms with Gasteiger partial charge < -0.3 is 5.32 Å². The van der Waals surface area contributed by atoms with Crippen molar-refractivity contribution in [2.75, 3.05) is 5.32 Å². The third-order valence-corrected chi connectivity index (χ3v) is 4.24. The van der Waals surface area contributed by atoms with Crippen LogP contribution in [-0.4, -0.2) is 25.1 Å². The first-order valence-corrected chi connectivity index (χ1v) is 7.39. The molecule has 0 radical (unpaired) electrons. The minimum absolute atomic E-state index is 0.0896. The van der Waals surface area contributed by atoms with E-state index in [0.717, 1.165) is 27.6 Å². The van der Waals surface area contributed by atoms with Crippen molar-refractivity contribution in [3.63, 3.8) is 0 Å². The summed E-state index contributed by atoms with van der Waals surface area (Å²) in [6, 6.07) is 0.0896. The highest BCUT2D eigenvalue weighted by atomic mass is 32.1. The summed E-state index contributed by atoms with van der Waals surface area (Å²) in [4.78, 5) is 13.1. The predicted molar refractivity (Wildman–Crippen MR) is 79.9 cm³/mol. The Hall–Kier alpha value is -2.02. The molecule has 2 N–H and O–H groups in total. The largest absolute Gasteiger partial charge is 0.361 e. The standard InChI is InChI=1S/C13H16N6S/c1-7(2)13-18-10(5-20-13)8(3)17-11-9-4-16-19-12(9)15-6-14-11/h4-8H,1-3H3,(H2,14,15,16,17,19). The first-order valence-electron chi connectivity index (χ1n) is 6.51. The number of nitrogens with zero attached hydrogens (tertiary/aromatic N) is 4. The lowest BCUT2D eigenvalue weighted by molar-refractivity contribution is 0.799. The van der Waals surface area contributed by atoms with Gasteiger partial charge in [-0.1, -0.05) is 13.8 Å². The van der Waals surface area contributed by atoms with Crippen molar-refractivity contribution in [3.05, 3.63) is 28.6 Å². The number of aromatic nitrogens is 5. The highest BCUT2D eigenvalue weighted by molar-refractivity contribution is 7.09. The molecule has 6 nitrogen and oxygen atoms in total. The van der Waals surface area contributed by atoms with E-state index in [2.05, 4.69) is 56.6 Å². The molecule has 0 spiro atoms. The maximum atomic E-state index is 4.66. The Labute approximate surface area is 120 Å². The Kier molecular flexibility index (Phi) is 3.35. The molecule has 0 aliphatic rings. The quantitative estimate of drug-likeness (QED) is 0.771. The monoisotopic (exact) mass is 288 g/mol. The van der Waals surface area contributed by atoms with Crippen LogP contribution in [0.25, 0.3) is 11.0 Å². The van der Waals surface area contributed by atoms with Gasteiger partial charge in [0.1, 0.15) is 12.1 Å². The third kappa shape index (κ3) is 2.36. The average Bonchev–Trinajstić information content (AvgIpc) is 3.08. The van der Waals surface area contributed by atoms with E-state index in [1.807, 2.05) is 0 Å². The lowest BCUT2D eigenvalue weighted by atomic mass is 10.2. The van der Waals surface area contributed by atoms with Crippen LogP contribution in [0.4, 0.5) is 5.82 Å². The minimum Gasteiger partial charge on any atom is -0.361 e. The van der Waals surface area contributed by atoms with Crippen molar-refractivity contribution in [2.24, 2.45) is 0 Å². The summed E-state index contributed by atoms with van der Waals surface area (Å²) in [6.45, 7) is 6.38. The Morgan fingerprint density at radius 3 is 2.85 bits per heavy atom. The summed E-state index contributed by atoms with van der Waals surface area (Å²) < 4.78 is 0. The van der Waals surface area contributed by atoms with Crippen LogP contribution >= 0.6 is 11.3 Å². The van der Waals surface area contributed by atoms with E-state index in [1.54, 1.807) is 17.5 Å². The summed E-state index contributed by atoms with van der Waals surface area (Å²) in [5.74, 6) is 1.23. The number of H-pyrrole nitrogens is 1. The molecule has 3 aromatic heterocycles. The molecule has 0 bridgehead atoms. The lowest BCUT2D eigenvalue weighted by Crippen LogP contribution is -2.09. The van der Waals surface area contributed by atoms with Crippen LogP contribution < -0.4 is 5.32 Å². The van der Waals surface area contributed by atoms with E-state index in [9.17, 15) is 0 Å². The molecule has 104 valence electrons. The van der Waals surface area contributed by atoms with Crippen LogP contribution in [0.5, 0.6) is 0 Å². The van der Waals surface area contributed by atoms with Gasteiger partial charge in [-0.05, 0) is 6.92 Å². The van der Waals surface area contributed by atoms with Gasteiger partial charge in [-0.2, -0.15) is 5.10 Å². The minimum atomic E-state index is 0.0896. The molecule has 0 aromatic carbocycles. The van der Waals surface area contributed by atoms with Crippen LogP contribution in [0.3, 0.4) is 0 Å². The number of aromatic amines is 1. The van der Waals surface area contributed by atoms with Gasteiger partial charge in [-0.3, -0.25) is 5.10 Å². The van der Waals surface area contributed by atoms with Crippen molar-refractivity contribution in [1.29, 1.82) is 0 Å². The molecule has 20 heavy (non-hydrogen) atoms. The summed E-state index contributed by atoms with van der Waals surface area (Å²) >= 11 is 1.70. The average molecular weight is 288 g/mol. The summed E-state index contributed by atoms with van der Waals surface area (Å²) in [5.41, 5.74) is 1.77. The number of hydrogen-bond acceptors (Lipinski definition) is 6. The fourth-order valence-electron chi connectivity index (χ4n) is 1.92. The maximum absolute atomic E-state index is 4.66. The SMILES string of the molecule is CC(C)c1nc(C(C)Nc2ncnc3[nH]ncc23)cs1. The molecular formula is C13H16N6S. The van der Waals surface area contributed by atoms with Gasteiger partial charge in [0.05, 0.1) is 28.3 Å². The van der Waals surface area contributed by atoms with Crippen LogP contribution in [0, 0.1) is 0 Å². The highest BCUT2D eigenvalue weighted by Gasteiger charge is 2.14. The molecule has 0 amide bonds. The summed E-state index contributed by atoms with van der Waals surface area (Å²) in [6.07, 6.45) is 3.25. The molecule has 3 aromatic rings. The van der Waals surface area contributed by atoms with E-state index in [1.165, 1.54) is 6.33 Å². The van der Waals surface area contributed by atoms with Crippen molar-refractivity contribution in [3.8, 4) is 0 Å². The summed E-state index contributed by atoms with van der Waals surface area (Å²) in [7, 11) is 0. The number of fused-ring (bicyclic) bond motifs is 1. The molecule has 3 rings (SSSR count). The molecular weight excluding hydrogens is 272 g/mol. The predicted octanol–water partition coefficient (Wildman–Crippen LogP) is 3.11. The normalized spacial score (nSPS) is 13.0. The van der Waals surface area contributed by atoms with Crippen molar-refractivity contribution in [1.82, 2.24) is 25.1 Å². The zero-order chi connectivity index (χ0) is 14.1. The fourth-order valence-corrected chi connectivity index (χ4v) is 2.85. The lowest BCUT2D eigenvalue weighted by Gasteiger charge is -2.12. The highest BCUT2D eigenvalue weighted by Crippen LogP contribution is 2.26. The third-order valence-electron chi connectivity index (χ3n) is 3.08. The number of hydrogen-bond donors (Lipinski definition) is 2. The van der Waals surface area contributed by atoms with Gasteiger partial charge >= 0.3 is 0 Å². The molecule has 0 saturated carbocycles. The second-order valence-electron chi connectivity index (χ2n) is 4.99. The topological polar surface area (TPSA) is 79.4 Å². The second kappa shape index (κ2) is 5.16. The van der Waals surface area contributed by atoms with E-state index in [-0.39, 0.29) is 6.04 Å². The number of nitrogens with one attached hydrogen (secondary N) is 2. The Morgan fingerprint density at radius 2 is 2.10 bits per heavy atom. The first-order chi connectivity index (χ1) is 9.65. The van der Waals surface area contributed by atoms with Crippen LogP contribution in [0.1, 0.15) is 43.4 Å². The van der Waals surface area contributed by atoms with Gasteiger partial charge in [-0.15, -0.1) is 11.3 Å². The Morgan fingerprint density at radius 1 is 1.25 bits per heavy atom. The maximum Gasteiger partial charge on any atom is 0.160 e. The van der Waals surface area contributed by atoms with Crippen LogP contribution in [-0.2, 0) is 0 Å². The summed E-state index contributed by atoms with van der Waals surface area (Å²) in [5, 5.41) is 14.3. The van der Waals surface area contributed by atoms with Crippen LogP contribution in [0.15, 0.2) is 17.9 Å². The van der Waals surface area contributed by atoms with Crippen molar-refractivity contribution in [2.45, 2.75) is 32.7 Å². The zero-order valence-corrected chi connectivity index (χ0v) is 12.4. The molecule has 0 fully saturated rings. The molecule has 0 saturated heterocycles. The van der Waals surface area contributed by atoms with E-state index in [4.69, 9.17) is 0 Å². The fraction of sp³-hybridized carbons (Fsp3) is 0.385. The number of anilines is 1.